The Morgan fingerprint density at radius 3 is 2.45 bits per heavy atom. The van der Waals surface area contributed by atoms with Gasteiger partial charge in [0.15, 0.2) is 0 Å². The van der Waals surface area contributed by atoms with Crippen LogP contribution in [0.3, 0.4) is 0 Å². The van der Waals surface area contributed by atoms with Crippen LogP contribution in [-0.2, 0) is 9.59 Å². The molecule has 4 amide bonds. The SMILES string of the molecule is CC(C)c1ccc(NC(=O)C2CC(=O)NC(=O)N2)cc1. The van der Waals surface area contributed by atoms with Gasteiger partial charge in [0.05, 0.1) is 6.42 Å². The molecule has 6 nitrogen and oxygen atoms in total. The summed E-state index contributed by atoms with van der Waals surface area (Å²) in [4.78, 5) is 34.3. The van der Waals surface area contributed by atoms with Crippen LogP contribution in [-0.4, -0.2) is 23.9 Å². The summed E-state index contributed by atoms with van der Waals surface area (Å²) >= 11 is 0. The highest BCUT2D eigenvalue weighted by molar-refractivity contribution is 6.05. The number of amides is 4. The molecule has 1 fully saturated rings. The first kappa shape index (κ1) is 14.0. The summed E-state index contributed by atoms with van der Waals surface area (Å²) in [6.45, 7) is 4.17. The minimum Gasteiger partial charge on any atom is -0.325 e. The zero-order chi connectivity index (χ0) is 14.7. The highest BCUT2D eigenvalue weighted by Gasteiger charge is 2.29. The van der Waals surface area contributed by atoms with E-state index in [9.17, 15) is 14.4 Å². The first-order chi connectivity index (χ1) is 9.45. The number of imide groups is 1. The molecule has 2 rings (SSSR count). The fraction of sp³-hybridized carbons (Fsp3) is 0.357. The van der Waals surface area contributed by atoms with Crippen molar-refractivity contribution < 1.29 is 14.4 Å². The second-order valence-electron chi connectivity index (χ2n) is 5.04. The second kappa shape index (κ2) is 5.73. The van der Waals surface area contributed by atoms with Crippen molar-refractivity contribution in [3.8, 4) is 0 Å². The van der Waals surface area contributed by atoms with Gasteiger partial charge in [-0.25, -0.2) is 4.79 Å². The minimum atomic E-state index is -0.832. The molecule has 1 aromatic carbocycles. The monoisotopic (exact) mass is 275 g/mol. The first-order valence-electron chi connectivity index (χ1n) is 6.47. The molecule has 20 heavy (non-hydrogen) atoms. The normalized spacial score (nSPS) is 18.4. The summed E-state index contributed by atoms with van der Waals surface area (Å²) in [5.74, 6) is -0.435. The third-order valence-electron chi connectivity index (χ3n) is 3.11. The summed E-state index contributed by atoms with van der Waals surface area (Å²) in [5, 5.41) is 7.18. The molecular formula is C14H17N3O3. The topological polar surface area (TPSA) is 87.3 Å². The average Bonchev–Trinajstić information content (AvgIpc) is 2.38. The maximum atomic E-state index is 12.0. The van der Waals surface area contributed by atoms with Gasteiger partial charge in [-0.15, -0.1) is 0 Å². The van der Waals surface area contributed by atoms with Gasteiger partial charge in [-0.05, 0) is 23.6 Å². The summed E-state index contributed by atoms with van der Waals surface area (Å²) in [6, 6.07) is 6.01. The van der Waals surface area contributed by atoms with Crippen LogP contribution >= 0.6 is 0 Å². The van der Waals surface area contributed by atoms with Crippen LogP contribution in [0.5, 0.6) is 0 Å². The van der Waals surface area contributed by atoms with Crippen LogP contribution in [0.1, 0.15) is 31.7 Å². The largest absolute Gasteiger partial charge is 0.325 e. The van der Waals surface area contributed by atoms with E-state index in [0.717, 1.165) is 0 Å². The summed E-state index contributed by atoms with van der Waals surface area (Å²) in [7, 11) is 0. The lowest BCUT2D eigenvalue weighted by atomic mass is 10.0. The van der Waals surface area contributed by atoms with Crippen LogP contribution in [0, 0.1) is 0 Å². The predicted octanol–water partition coefficient (Wildman–Crippen LogP) is 1.35. The summed E-state index contributed by atoms with van der Waals surface area (Å²) < 4.78 is 0. The fourth-order valence-electron chi connectivity index (χ4n) is 1.95. The molecule has 1 aromatic rings. The highest BCUT2D eigenvalue weighted by atomic mass is 16.2. The van der Waals surface area contributed by atoms with Crippen molar-refractivity contribution >= 4 is 23.5 Å². The molecule has 1 aliphatic rings. The lowest BCUT2D eigenvalue weighted by Crippen LogP contribution is -2.56. The summed E-state index contributed by atoms with van der Waals surface area (Å²) in [5.41, 5.74) is 1.81. The molecule has 1 aliphatic heterocycles. The van der Waals surface area contributed by atoms with E-state index in [4.69, 9.17) is 0 Å². The number of carbonyl (C=O) groups excluding carboxylic acids is 3. The molecule has 0 bridgehead atoms. The van der Waals surface area contributed by atoms with E-state index in [2.05, 4.69) is 29.8 Å². The molecule has 0 spiro atoms. The van der Waals surface area contributed by atoms with E-state index in [-0.39, 0.29) is 6.42 Å². The molecule has 6 heteroatoms. The predicted molar refractivity (Wildman–Crippen MR) is 74.2 cm³/mol. The first-order valence-corrected chi connectivity index (χ1v) is 6.47. The smallest absolute Gasteiger partial charge is 0.322 e. The molecular weight excluding hydrogens is 258 g/mol. The molecule has 0 radical (unpaired) electrons. The quantitative estimate of drug-likeness (QED) is 0.778. The maximum Gasteiger partial charge on any atom is 0.322 e. The Hall–Kier alpha value is -2.37. The molecule has 1 unspecified atom stereocenters. The van der Waals surface area contributed by atoms with Gasteiger partial charge in [-0.3, -0.25) is 14.9 Å². The third-order valence-corrected chi connectivity index (χ3v) is 3.11. The second-order valence-corrected chi connectivity index (χ2v) is 5.04. The van der Waals surface area contributed by atoms with Crippen molar-refractivity contribution in [3.63, 3.8) is 0 Å². The number of hydrogen-bond acceptors (Lipinski definition) is 3. The number of urea groups is 1. The maximum absolute atomic E-state index is 12.0. The number of hydrogen-bond donors (Lipinski definition) is 3. The van der Waals surface area contributed by atoms with E-state index < -0.39 is 23.9 Å². The fourth-order valence-corrected chi connectivity index (χ4v) is 1.95. The molecule has 0 aliphatic carbocycles. The van der Waals surface area contributed by atoms with E-state index in [1.54, 1.807) is 12.1 Å². The van der Waals surface area contributed by atoms with Crippen molar-refractivity contribution in [2.75, 3.05) is 5.32 Å². The van der Waals surface area contributed by atoms with E-state index in [0.29, 0.717) is 11.6 Å². The number of carbonyl (C=O) groups is 3. The van der Waals surface area contributed by atoms with Crippen molar-refractivity contribution in [2.45, 2.75) is 32.2 Å². The van der Waals surface area contributed by atoms with Crippen LogP contribution in [0.4, 0.5) is 10.5 Å². The zero-order valence-electron chi connectivity index (χ0n) is 11.4. The van der Waals surface area contributed by atoms with Gasteiger partial charge in [-0.2, -0.15) is 0 Å². The van der Waals surface area contributed by atoms with Crippen LogP contribution in [0.2, 0.25) is 0 Å². The van der Waals surface area contributed by atoms with Crippen LogP contribution < -0.4 is 16.0 Å². The van der Waals surface area contributed by atoms with Crippen molar-refractivity contribution in [2.24, 2.45) is 0 Å². The van der Waals surface area contributed by atoms with Gasteiger partial charge in [0, 0.05) is 5.69 Å². The Balaban J connectivity index is 2.00. The van der Waals surface area contributed by atoms with Gasteiger partial charge in [-0.1, -0.05) is 26.0 Å². The van der Waals surface area contributed by atoms with Crippen LogP contribution in [0.25, 0.3) is 0 Å². The van der Waals surface area contributed by atoms with Gasteiger partial charge in [0.1, 0.15) is 6.04 Å². The Morgan fingerprint density at radius 1 is 1.25 bits per heavy atom. The Morgan fingerprint density at radius 2 is 1.90 bits per heavy atom. The Bertz CT molecular complexity index is 521. The minimum absolute atomic E-state index is 0.0539. The van der Waals surface area contributed by atoms with E-state index >= 15 is 0 Å². The summed E-state index contributed by atoms with van der Waals surface area (Å²) in [6.07, 6.45) is -0.0539. The lowest BCUT2D eigenvalue weighted by molar-refractivity contribution is -0.126. The number of nitrogens with one attached hydrogen (secondary N) is 3. The Labute approximate surface area is 116 Å². The molecule has 0 saturated carbocycles. The van der Waals surface area contributed by atoms with E-state index in [1.807, 2.05) is 12.1 Å². The zero-order valence-corrected chi connectivity index (χ0v) is 11.4. The molecule has 1 saturated heterocycles. The van der Waals surface area contributed by atoms with Gasteiger partial charge in [0.2, 0.25) is 11.8 Å². The molecule has 1 heterocycles. The van der Waals surface area contributed by atoms with Crippen molar-refractivity contribution in [1.82, 2.24) is 10.6 Å². The number of anilines is 1. The Kier molecular flexibility index (Phi) is 4.02. The molecule has 1 atom stereocenters. The average molecular weight is 275 g/mol. The standard InChI is InChI=1S/C14H17N3O3/c1-8(2)9-3-5-10(6-4-9)15-13(19)11-7-12(18)17-14(20)16-11/h3-6,8,11H,7H2,1-2H3,(H,15,19)(H2,16,17,18,20). The highest BCUT2D eigenvalue weighted by Crippen LogP contribution is 2.17. The molecule has 3 N–H and O–H groups in total. The lowest BCUT2D eigenvalue weighted by Gasteiger charge is -2.22. The van der Waals surface area contributed by atoms with Crippen molar-refractivity contribution in [3.05, 3.63) is 29.8 Å². The third kappa shape index (κ3) is 3.34. The number of benzene rings is 1. The van der Waals surface area contributed by atoms with Crippen molar-refractivity contribution in [1.29, 1.82) is 0 Å². The van der Waals surface area contributed by atoms with Crippen LogP contribution in [0.15, 0.2) is 24.3 Å². The molecule has 0 aromatic heterocycles. The van der Waals surface area contributed by atoms with E-state index in [1.165, 1.54) is 5.56 Å². The van der Waals surface area contributed by atoms with Gasteiger partial charge < -0.3 is 10.6 Å². The number of rotatable bonds is 3. The van der Waals surface area contributed by atoms with Gasteiger partial charge in [0.25, 0.3) is 0 Å². The molecule has 106 valence electrons. The van der Waals surface area contributed by atoms with Gasteiger partial charge >= 0.3 is 6.03 Å².